The number of hydrogen-bond acceptors (Lipinski definition) is 2. The second-order valence-corrected chi connectivity index (χ2v) is 3.58. The molecule has 1 fully saturated rings. The Kier molecular flexibility index (Phi) is 3.44. The van der Waals surface area contributed by atoms with Crippen LogP contribution in [0.25, 0.3) is 0 Å². The minimum atomic E-state index is 0.634. The fourth-order valence-corrected chi connectivity index (χ4v) is 1.62. The molecule has 0 spiro atoms. The summed E-state index contributed by atoms with van der Waals surface area (Å²) in [5.74, 6) is 2.60. The lowest BCUT2D eigenvalue weighted by Gasteiger charge is -1.94. The van der Waals surface area contributed by atoms with Crippen molar-refractivity contribution in [1.29, 1.82) is 0 Å². The Hall–Kier alpha value is 0.310. The molecule has 0 radical (unpaired) electrons. The summed E-state index contributed by atoms with van der Waals surface area (Å²) in [7, 11) is 0. The van der Waals surface area contributed by atoms with Crippen LogP contribution in [0, 0.1) is 0 Å². The predicted molar refractivity (Wildman–Crippen MR) is 42.0 cm³/mol. The molecule has 1 rings (SSSR count). The molecule has 0 bridgehead atoms. The molecule has 9 heavy (non-hydrogen) atoms. The summed E-state index contributed by atoms with van der Waals surface area (Å²) in [5, 5.41) is 0. The first-order valence-corrected chi connectivity index (χ1v) is 4.78. The number of ether oxygens (including phenoxy) is 1. The molecule has 0 aromatic rings. The number of hydrogen-bond donors (Lipinski definition) is 0. The third-order valence-electron chi connectivity index (χ3n) is 1.33. The first kappa shape index (κ1) is 7.42. The van der Waals surface area contributed by atoms with Crippen molar-refractivity contribution in [3.63, 3.8) is 0 Å². The zero-order chi connectivity index (χ0) is 6.53. The molecular weight excluding hydrogens is 132 g/mol. The Bertz CT molecular complexity index is 71.3. The zero-order valence-corrected chi connectivity index (χ0v) is 6.75. The molecular formula is C7H14OS. The van der Waals surface area contributed by atoms with Crippen molar-refractivity contribution in [1.82, 2.24) is 0 Å². The Balaban J connectivity index is 1.71. The first-order valence-electron chi connectivity index (χ1n) is 3.63. The summed E-state index contributed by atoms with van der Waals surface area (Å²) < 4.78 is 5.08. The maximum atomic E-state index is 5.08. The van der Waals surface area contributed by atoms with Gasteiger partial charge in [-0.2, -0.15) is 11.8 Å². The van der Waals surface area contributed by atoms with Crippen LogP contribution in [0.2, 0.25) is 0 Å². The van der Waals surface area contributed by atoms with Gasteiger partial charge in [0.25, 0.3) is 0 Å². The normalized spacial score (nSPS) is 24.3. The van der Waals surface area contributed by atoms with E-state index in [2.05, 4.69) is 6.92 Å². The Labute approximate surface area is 61.2 Å². The van der Waals surface area contributed by atoms with Crippen molar-refractivity contribution in [2.24, 2.45) is 0 Å². The maximum Gasteiger partial charge on any atom is 0.0817 e. The molecule has 0 aromatic heterocycles. The van der Waals surface area contributed by atoms with Crippen molar-refractivity contribution < 1.29 is 4.74 Å². The molecule has 1 heterocycles. The van der Waals surface area contributed by atoms with Gasteiger partial charge >= 0.3 is 0 Å². The Morgan fingerprint density at radius 3 is 2.89 bits per heavy atom. The first-order chi connectivity index (χ1) is 4.43. The zero-order valence-electron chi connectivity index (χ0n) is 5.93. The van der Waals surface area contributed by atoms with Gasteiger partial charge in [-0.1, -0.05) is 6.92 Å². The van der Waals surface area contributed by atoms with E-state index in [4.69, 9.17) is 4.74 Å². The summed E-state index contributed by atoms with van der Waals surface area (Å²) >= 11 is 2.04. The third-order valence-corrected chi connectivity index (χ3v) is 2.56. The van der Waals surface area contributed by atoms with Gasteiger partial charge in [0.05, 0.1) is 12.7 Å². The van der Waals surface area contributed by atoms with Crippen LogP contribution in [-0.2, 0) is 4.74 Å². The molecule has 0 amide bonds. The molecule has 1 nitrogen and oxygen atoms in total. The van der Waals surface area contributed by atoms with Crippen molar-refractivity contribution in [2.75, 3.05) is 18.1 Å². The van der Waals surface area contributed by atoms with Crippen LogP contribution in [0.15, 0.2) is 0 Å². The SMILES string of the molecule is CCCSCCC1CO1. The lowest BCUT2D eigenvalue weighted by Crippen LogP contribution is -1.88. The fraction of sp³-hybridized carbons (Fsp3) is 1.00. The second-order valence-electron chi connectivity index (χ2n) is 2.36. The quantitative estimate of drug-likeness (QED) is 0.434. The summed E-state index contributed by atoms with van der Waals surface area (Å²) in [6.07, 6.45) is 3.20. The number of thioether (sulfide) groups is 1. The van der Waals surface area contributed by atoms with E-state index in [1.807, 2.05) is 11.8 Å². The van der Waals surface area contributed by atoms with Crippen LogP contribution in [0.5, 0.6) is 0 Å². The number of rotatable bonds is 5. The van der Waals surface area contributed by atoms with Gasteiger partial charge in [0.15, 0.2) is 0 Å². The van der Waals surface area contributed by atoms with Crippen molar-refractivity contribution >= 4 is 11.8 Å². The fourth-order valence-electron chi connectivity index (χ4n) is 0.696. The molecule has 1 saturated heterocycles. The highest BCUT2D eigenvalue weighted by molar-refractivity contribution is 7.99. The minimum Gasteiger partial charge on any atom is -0.373 e. The summed E-state index contributed by atoms with van der Waals surface area (Å²) in [6.45, 7) is 3.24. The topological polar surface area (TPSA) is 12.5 Å². The van der Waals surface area contributed by atoms with Crippen LogP contribution in [-0.4, -0.2) is 24.2 Å². The Morgan fingerprint density at radius 2 is 2.33 bits per heavy atom. The second kappa shape index (κ2) is 4.18. The minimum absolute atomic E-state index is 0.634. The molecule has 1 aliphatic rings. The summed E-state index contributed by atoms with van der Waals surface area (Å²) in [6, 6.07) is 0. The van der Waals surface area contributed by atoms with E-state index in [-0.39, 0.29) is 0 Å². The van der Waals surface area contributed by atoms with Crippen LogP contribution in [0.3, 0.4) is 0 Å². The highest BCUT2D eigenvalue weighted by Gasteiger charge is 2.20. The molecule has 1 atom stereocenters. The van der Waals surface area contributed by atoms with Gasteiger partial charge in [-0.05, 0) is 24.3 Å². The molecule has 54 valence electrons. The Morgan fingerprint density at radius 1 is 1.56 bits per heavy atom. The highest BCUT2D eigenvalue weighted by Crippen LogP contribution is 2.16. The van der Waals surface area contributed by atoms with E-state index in [0.717, 1.165) is 6.61 Å². The van der Waals surface area contributed by atoms with Crippen LogP contribution in [0.4, 0.5) is 0 Å². The van der Waals surface area contributed by atoms with Crippen molar-refractivity contribution in [3.05, 3.63) is 0 Å². The standard InChI is InChI=1S/C7H14OS/c1-2-4-9-5-3-7-6-8-7/h7H,2-6H2,1H3. The van der Waals surface area contributed by atoms with Crippen molar-refractivity contribution in [2.45, 2.75) is 25.9 Å². The van der Waals surface area contributed by atoms with E-state index in [0.29, 0.717) is 6.10 Å². The van der Waals surface area contributed by atoms with Gasteiger partial charge in [0.1, 0.15) is 0 Å². The van der Waals surface area contributed by atoms with Gasteiger partial charge in [-0.15, -0.1) is 0 Å². The third kappa shape index (κ3) is 3.82. The summed E-state index contributed by atoms with van der Waals surface area (Å²) in [4.78, 5) is 0. The number of epoxide rings is 1. The van der Waals surface area contributed by atoms with Crippen LogP contribution >= 0.6 is 11.8 Å². The van der Waals surface area contributed by atoms with Gasteiger partial charge in [-0.3, -0.25) is 0 Å². The van der Waals surface area contributed by atoms with E-state index in [9.17, 15) is 0 Å². The van der Waals surface area contributed by atoms with E-state index >= 15 is 0 Å². The molecule has 0 aromatic carbocycles. The van der Waals surface area contributed by atoms with Crippen molar-refractivity contribution in [3.8, 4) is 0 Å². The van der Waals surface area contributed by atoms with Gasteiger partial charge in [0, 0.05) is 0 Å². The molecule has 1 aliphatic heterocycles. The van der Waals surface area contributed by atoms with Gasteiger partial charge < -0.3 is 4.74 Å². The van der Waals surface area contributed by atoms with E-state index in [1.54, 1.807) is 0 Å². The van der Waals surface area contributed by atoms with E-state index < -0.39 is 0 Å². The molecule has 2 heteroatoms. The largest absolute Gasteiger partial charge is 0.373 e. The van der Waals surface area contributed by atoms with Crippen LogP contribution < -0.4 is 0 Å². The smallest absolute Gasteiger partial charge is 0.0817 e. The lowest BCUT2D eigenvalue weighted by atomic mass is 10.4. The van der Waals surface area contributed by atoms with E-state index in [1.165, 1.54) is 24.3 Å². The monoisotopic (exact) mass is 146 g/mol. The average molecular weight is 146 g/mol. The van der Waals surface area contributed by atoms with Gasteiger partial charge in [-0.25, -0.2) is 0 Å². The lowest BCUT2D eigenvalue weighted by molar-refractivity contribution is 0.404. The predicted octanol–water partition coefficient (Wildman–Crippen LogP) is 1.92. The highest BCUT2D eigenvalue weighted by atomic mass is 32.2. The van der Waals surface area contributed by atoms with Crippen LogP contribution in [0.1, 0.15) is 19.8 Å². The molecule has 0 saturated carbocycles. The van der Waals surface area contributed by atoms with Gasteiger partial charge in [0.2, 0.25) is 0 Å². The summed E-state index contributed by atoms with van der Waals surface area (Å²) in [5.41, 5.74) is 0. The average Bonchev–Trinajstić information content (AvgIpc) is 2.63. The molecule has 1 unspecified atom stereocenters. The molecule has 0 aliphatic carbocycles. The molecule has 0 N–H and O–H groups in total. The maximum absolute atomic E-state index is 5.08.